The third kappa shape index (κ3) is 3.04. The minimum atomic E-state index is -0.171. The molecule has 1 fully saturated rings. The maximum atomic E-state index is 13.3. The van der Waals surface area contributed by atoms with E-state index in [1.54, 1.807) is 12.1 Å². The van der Waals surface area contributed by atoms with Gasteiger partial charge in [-0.05, 0) is 55.4 Å². The third-order valence-corrected chi connectivity index (χ3v) is 4.86. The maximum Gasteiger partial charge on any atom is 0.123 e. The molecule has 2 nitrogen and oxygen atoms in total. The zero-order chi connectivity index (χ0) is 14.9. The number of nitrogens with zero attached hydrogens (tertiary/aromatic N) is 1. The Balaban J connectivity index is 2.31. The zero-order valence-corrected chi connectivity index (χ0v) is 13.1. The number of nitrogens with two attached hydrogens (primary N) is 1. The van der Waals surface area contributed by atoms with Crippen LogP contribution in [0.25, 0.3) is 0 Å². The Hall–Kier alpha value is -0.930. The van der Waals surface area contributed by atoms with Gasteiger partial charge < -0.3 is 5.73 Å². The molecule has 4 unspecified atom stereocenters. The van der Waals surface area contributed by atoms with Gasteiger partial charge in [0.05, 0.1) is 0 Å². The maximum absolute atomic E-state index is 13.3. The van der Waals surface area contributed by atoms with Gasteiger partial charge in [-0.15, -0.1) is 0 Å². The van der Waals surface area contributed by atoms with Crippen LogP contribution in [0.1, 0.15) is 44.4 Å². The molecule has 0 saturated carbocycles. The van der Waals surface area contributed by atoms with Crippen LogP contribution in [-0.2, 0) is 0 Å². The van der Waals surface area contributed by atoms with Crippen molar-refractivity contribution in [2.75, 3.05) is 13.1 Å². The molecule has 2 N–H and O–H groups in total. The van der Waals surface area contributed by atoms with E-state index in [1.807, 2.05) is 13.0 Å². The first-order valence-electron chi connectivity index (χ1n) is 7.65. The van der Waals surface area contributed by atoms with Gasteiger partial charge in [-0.3, -0.25) is 4.90 Å². The van der Waals surface area contributed by atoms with Crippen LogP contribution in [0.5, 0.6) is 0 Å². The Morgan fingerprint density at radius 1 is 1.35 bits per heavy atom. The number of rotatable bonds is 3. The van der Waals surface area contributed by atoms with Crippen molar-refractivity contribution in [3.8, 4) is 0 Å². The van der Waals surface area contributed by atoms with Crippen molar-refractivity contribution >= 4 is 0 Å². The summed E-state index contributed by atoms with van der Waals surface area (Å²) < 4.78 is 13.3. The predicted octanol–water partition coefficient (Wildman–Crippen LogP) is 3.50. The summed E-state index contributed by atoms with van der Waals surface area (Å²) in [6.45, 7) is 10.5. The SMILES string of the molecule is Cc1cc(F)ccc1C(CN)N1CC(C)CC(C)C1C. The van der Waals surface area contributed by atoms with Crippen LogP contribution in [-0.4, -0.2) is 24.0 Å². The van der Waals surface area contributed by atoms with E-state index in [9.17, 15) is 4.39 Å². The summed E-state index contributed by atoms with van der Waals surface area (Å²) in [4.78, 5) is 2.51. The quantitative estimate of drug-likeness (QED) is 0.917. The van der Waals surface area contributed by atoms with E-state index in [2.05, 4.69) is 25.7 Å². The summed E-state index contributed by atoms with van der Waals surface area (Å²) in [5.41, 5.74) is 8.23. The van der Waals surface area contributed by atoms with Crippen molar-refractivity contribution in [2.45, 2.75) is 46.2 Å². The molecule has 0 radical (unpaired) electrons. The Kier molecular flexibility index (Phi) is 4.82. The topological polar surface area (TPSA) is 29.3 Å². The minimum Gasteiger partial charge on any atom is -0.329 e. The Morgan fingerprint density at radius 3 is 2.65 bits per heavy atom. The van der Waals surface area contributed by atoms with Crippen molar-refractivity contribution in [3.05, 3.63) is 35.1 Å². The van der Waals surface area contributed by atoms with Gasteiger partial charge in [-0.2, -0.15) is 0 Å². The number of benzene rings is 1. The van der Waals surface area contributed by atoms with E-state index < -0.39 is 0 Å². The lowest BCUT2D eigenvalue weighted by Gasteiger charge is -2.45. The molecular formula is C17H27FN2. The van der Waals surface area contributed by atoms with Gasteiger partial charge in [0, 0.05) is 25.2 Å². The standard InChI is InChI=1S/C17H27FN2/c1-11-7-12(2)14(4)20(10-11)17(9-19)16-6-5-15(18)8-13(16)3/h5-6,8,11-12,14,17H,7,9-10,19H2,1-4H3. The van der Waals surface area contributed by atoms with Crippen LogP contribution >= 0.6 is 0 Å². The molecule has 1 saturated heterocycles. The summed E-state index contributed by atoms with van der Waals surface area (Å²) >= 11 is 0. The molecule has 0 bridgehead atoms. The monoisotopic (exact) mass is 278 g/mol. The van der Waals surface area contributed by atoms with Gasteiger partial charge in [0.2, 0.25) is 0 Å². The molecule has 1 aliphatic rings. The first kappa shape index (κ1) is 15.5. The molecule has 1 heterocycles. The van der Waals surface area contributed by atoms with E-state index in [4.69, 9.17) is 5.73 Å². The Bertz CT molecular complexity index is 460. The lowest BCUT2D eigenvalue weighted by atomic mass is 9.83. The molecule has 1 aromatic rings. The van der Waals surface area contributed by atoms with Gasteiger partial charge in [-0.25, -0.2) is 4.39 Å². The van der Waals surface area contributed by atoms with Crippen molar-refractivity contribution in [1.82, 2.24) is 4.90 Å². The number of halogens is 1. The first-order chi connectivity index (χ1) is 9.43. The fourth-order valence-electron chi connectivity index (χ4n) is 3.62. The number of hydrogen-bond acceptors (Lipinski definition) is 2. The van der Waals surface area contributed by atoms with Crippen molar-refractivity contribution in [3.63, 3.8) is 0 Å². The van der Waals surface area contributed by atoms with Crippen LogP contribution in [0.3, 0.4) is 0 Å². The van der Waals surface area contributed by atoms with Crippen LogP contribution < -0.4 is 5.73 Å². The highest BCUT2D eigenvalue weighted by Gasteiger charge is 2.33. The second kappa shape index (κ2) is 6.23. The van der Waals surface area contributed by atoms with E-state index >= 15 is 0 Å². The fraction of sp³-hybridized carbons (Fsp3) is 0.647. The molecule has 20 heavy (non-hydrogen) atoms. The molecule has 3 heteroatoms. The fourth-order valence-corrected chi connectivity index (χ4v) is 3.62. The molecule has 4 atom stereocenters. The molecule has 0 aliphatic carbocycles. The van der Waals surface area contributed by atoms with Gasteiger partial charge in [0.15, 0.2) is 0 Å². The summed E-state index contributed by atoms with van der Waals surface area (Å²) in [7, 11) is 0. The molecule has 1 aliphatic heterocycles. The zero-order valence-electron chi connectivity index (χ0n) is 13.1. The number of hydrogen-bond donors (Lipinski definition) is 1. The highest BCUT2D eigenvalue weighted by molar-refractivity contribution is 5.30. The Labute approximate surface area is 122 Å². The smallest absolute Gasteiger partial charge is 0.123 e. The minimum absolute atomic E-state index is 0.171. The number of likely N-dealkylation sites (tertiary alicyclic amines) is 1. The largest absolute Gasteiger partial charge is 0.329 e. The second-order valence-corrected chi connectivity index (χ2v) is 6.51. The van der Waals surface area contributed by atoms with E-state index in [0.717, 1.165) is 12.1 Å². The molecule has 0 aromatic heterocycles. The molecular weight excluding hydrogens is 251 g/mol. The third-order valence-electron chi connectivity index (χ3n) is 4.86. The van der Waals surface area contributed by atoms with Crippen LogP contribution in [0, 0.1) is 24.6 Å². The van der Waals surface area contributed by atoms with Crippen molar-refractivity contribution in [1.29, 1.82) is 0 Å². The summed E-state index contributed by atoms with van der Waals surface area (Å²) in [6, 6.07) is 5.77. The van der Waals surface area contributed by atoms with Crippen LogP contribution in [0.4, 0.5) is 4.39 Å². The van der Waals surface area contributed by atoms with Gasteiger partial charge >= 0.3 is 0 Å². The predicted molar refractivity (Wildman–Crippen MR) is 82.0 cm³/mol. The van der Waals surface area contributed by atoms with Gasteiger partial charge in [0.1, 0.15) is 5.82 Å². The molecule has 0 spiro atoms. The van der Waals surface area contributed by atoms with Crippen LogP contribution in [0.2, 0.25) is 0 Å². The van der Waals surface area contributed by atoms with Gasteiger partial charge in [-0.1, -0.05) is 19.9 Å². The summed E-state index contributed by atoms with van der Waals surface area (Å²) in [5.74, 6) is 1.19. The lowest BCUT2D eigenvalue weighted by molar-refractivity contribution is 0.0422. The highest BCUT2D eigenvalue weighted by atomic mass is 19.1. The lowest BCUT2D eigenvalue weighted by Crippen LogP contribution is -2.49. The Morgan fingerprint density at radius 2 is 2.05 bits per heavy atom. The average molecular weight is 278 g/mol. The number of aryl methyl sites for hydroxylation is 1. The molecule has 2 rings (SSSR count). The summed E-state index contributed by atoms with van der Waals surface area (Å²) in [6.07, 6.45) is 1.28. The average Bonchev–Trinajstić information content (AvgIpc) is 2.38. The van der Waals surface area contributed by atoms with Crippen molar-refractivity contribution < 1.29 is 4.39 Å². The highest BCUT2D eigenvalue weighted by Crippen LogP contribution is 2.34. The molecule has 0 amide bonds. The number of piperidine rings is 1. The van der Waals surface area contributed by atoms with E-state index in [0.29, 0.717) is 24.4 Å². The van der Waals surface area contributed by atoms with E-state index in [-0.39, 0.29) is 11.9 Å². The summed E-state index contributed by atoms with van der Waals surface area (Å²) in [5, 5.41) is 0. The molecule has 1 aromatic carbocycles. The van der Waals surface area contributed by atoms with E-state index in [1.165, 1.54) is 12.0 Å². The van der Waals surface area contributed by atoms with Crippen molar-refractivity contribution in [2.24, 2.45) is 17.6 Å². The normalized spacial score (nSPS) is 29.4. The first-order valence-corrected chi connectivity index (χ1v) is 7.65. The van der Waals surface area contributed by atoms with Crippen LogP contribution in [0.15, 0.2) is 18.2 Å². The molecule has 112 valence electrons. The van der Waals surface area contributed by atoms with Gasteiger partial charge in [0.25, 0.3) is 0 Å². The second-order valence-electron chi connectivity index (χ2n) is 6.51.